The molecule has 1 fully saturated rings. The first-order valence-corrected chi connectivity index (χ1v) is 12.3. The fourth-order valence-electron chi connectivity index (χ4n) is 5.24. The second-order valence-corrected chi connectivity index (χ2v) is 9.23. The minimum Gasteiger partial charge on any atom is -0.361 e. The van der Waals surface area contributed by atoms with Crippen molar-refractivity contribution < 1.29 is 0 Å². The quantitative estimate of drug-likeness (QED) is 0.486. The van der Waals surface area contributed by atoms with Gasteiger partial charge >= 0.3 is 5.69 Å². The summed E-state index contributed by atoms with van der Waals surface area (Å²) in [6, 6.07) is 13.2. The van der Waals surface area contributed by atoms with Crippen molar-refractivity contribution in [2.45, 2.75) is 65.1 Å². The fraction of sp³-hybridized carbons (Fsp3) is 0.481. The Bertz CT molecular complexity index is 1260. The molecule has 34 heavy (non-hydrogen) atoms. The van der Waals surface area contributed by atoms with E-state index in [0.717, 1.165) is 32.4 Å². The molecule has 7 nitrogen and oxygen atoms in total. The van der Waals surface area contributed by atoms with Gasteiger partial charge in [0.2, 0.25) is 5.52 Å². The third kappa shape index (κ3) is 4.30. The Labute approximate surface area is 201 Å². The summed E-state index contributed by atoms with van der Waals surface area (Å²) in [7, 11) is 1.71. The molecule has 7 heteroatoms. The predicted molar refractivity (Wildman–Crippen MR) is 137 cm³/mol. The fourth-order valence-corrected chi connectivity index (χ4v) is 5.24. The molecule has 3 atom stereocenters. The topological polar surface area (TPSA) is 58.6 Å². The van der Waals surface area contributed by atoms with Crippen LogP contribution in [0.1, 0.15) is 57.2 Å². The third-order valence-electron chi connectivity index (χ3n) is 7.24. The maximum absolute atomic E-state index is 12.8. The second kappa shape index (κ2) is 9.94. The van der Waals surface area contributed by atoms with E-state index in [1.54, 1.807) is 19.2 Å². The molecule has 3 heterocycles. The van der Waals surface area contributed by atoms with E-state index in [9.17, 15) is 4.79 Å². The minimum atomic E-state index is -0.295. The van der Waals surface area contributed by atoms with Gasteiger partial charge in [-0.2, -0.15) is 4.98 Å². The number of benzene rings is 1. The SMILES string of the molecule is [C-]#[N+]c1ccc2c(n1)c(N1C[C@@H](CC)N([C@@H](CC)c3ccc(C)cc3)C[C@@H]1CC)nc(=O)n2C. The van der Waals surface area contributed by atoms with Gasteiger partial charge in [-0.1, -0.05) is 57.2 Å². The van der Waals surface area contributed by atoms with Gasteiger partial charge in [-0.25, -0.2) is 4.79 Å². The lowest BCUT2D eigenvalue weighted by Crippen LogP contribution is -2.59. The molecule has 4 rings (SSSR count). The lowest BCUT2D eigenvalue weighted by Gasteiger charge is -2.49. The number of hydrogen-bond acceptors (Lipinski definition) is 5. The summed E-state index contributed by atoms with van der Waals surface area (Å²) < 4.78 is 1.51. The molecule has 178 valence electrons. The van der Waals surface area contributed by atoms with E-state index >= 15 is 0 Å². The molecule has 0 unspecified atom stereocenters. The lowest BCUT2D eigenvalue weighted by atomic mass is 9.94. The molecular formula is C27H34N6O. The number of rotatable bonds is 6. The van der Waals surface area contributed by atoms with Gasteiger partial charge in [0.15, 0.2) is 5.82 Å². The van der Waals surface area contributed by atoms with Gasteiger partial charge < -0.3 is 9.74 Å². The Kier molecular flexibility index (Phi) is 6.99. The monoisotopic (exact) mass is 458 g/mol. The number of hydrogen-bond donors (Lipinski definition) is 0. The first kappa shape index (κ1) is 23.9. The minimum absolute atomic E-state index is 0.198. The van der Waals surface area contributed by atoms with Crippen LogP contribution in [-0.2, 0) is 7.05 Å². The Hall–Kier alpha value is -3.24. The first-order valence-electron chi connectivity index (χ1n) is 12.3. The van der Waals surface area contributed by atoms with Crippen molar-refractivity contribution in [1.82, 2.24) is 19.4 Å². The second-order valence-electron chi connectivity index (χ2n) is 9.23. The van der Waals surface area contributed by atoms with Gasteiger partial charge in [-0.15, -0.1) is 4.98 Å². The van der Waals surface area contributed by atoms with Crippen LogP contribution < -0.4 is 10.6 Å². The molecule has 0 amide bonds. The summed E-state index contributed by atoms with van der Waals surface area (Å²) >= 11 is 0. The molecule has 1 aliphatic rings. The lowest BCUT2D eigenvalue weighted by molar-refractivity contribution is 0.0895. The van der Waals surface area contributed by atoms with Crippen molar-refractivity contribution >= 4 is 22.7 Å². The molecule has 1 aliphatic heterocycles. The van der Waals surface area contributed by atoms with Crippen LogP contribution in [0.15, 0.2) is 41.2 Å². The summed E-state index contributed by atoms with van der Waals surface area (Å²) in [6.45, 7) is 17.9. The van der Waals surface area contributed by atoms with Gasteiger partial charge in [0.25, 0.3) is 5.82 Å². The smallest absolute Gasteiger partial charge is 0.350 e. The predicted octanol–water partition coefficient (Wildman–Crippen LogP) is 5.02. The average molecular weight is 459 g/mol. The van der Waals surface area contributed by atoms with E-state index in [4.69, 9.17) is 6.57 Å². The molecule has 0 saturated carbocycles. The molecule has 0 aliphatic carbocycles. The highest BCUT2D eigenvalue weighted by molar-refractivity contribution is 5.87. The zero-order valence-electron chi connectivity index (χ0n) is 20.8. The number of pyridine rings is 1. The Balaban J connectivity index is 1.77. The Morgan fingerprint density at radius 3 is 2.35 bits per heavy atom. The van der Waals surface area contributed by atoms with E-state index in [1.807, 2.05) is 0 Å². The van der Waals surface area contributed by atoms with Gasteiger partial charge in [0.1, 0.15) is 0 Å². The van der Waals surface area contributed by atoms with E-state index in [1.165, 1.54) is 15.7 Å². The molecule has 0 spiro atoms. The zero-order chi connectivity index (χ0) is 24.4. The third-order valence-corrected chi connectivity index (χ3v) is 7.24. The van der Waals surface area contributed by atoms with E-state index in [2.05, 4.69) is 76.6 Å². The van der Waals surface area contributed by atoms with E-state index < -0.39 is 0 Å². The Morgan fingerprint density at radius 1 is 1.03 bits per heavy atom. The van der Waals surface area contributed by atoms with Crippen molar-refractivity contribution in [2.24, 2.45) is 7.05 Å². The van der Waals surface area contributed by atoms with Gasteiger partial charge in [-0.05, 0) is 43.9 Å². The van der Waals surface area contributed by atoms with Crippen LogP contribution >= 0.6 is 0 Å². The highest BCUT2D eigenvalue weighted by atomic mass is 16.1. The maximum Gasteiger partial charge on any atom is 0.350 e. The highest BCUT2D eigenvalue weighted by Crippen LogP contribution is 2.35. The number of fused-ring (bicyclic) bond motifs is 1. The van der Waals surface area contributed by atoms with Crippen molar-refractivity contribution in [1.29, 1.82) is 0 Å². The first-order chi connectivity index (χ1) is 16.4. The van der Waals surface area contributed by atoms with Gasteiger partial charge in [-0.3, -0.25) is 9.47 Å². The summed E-state index contributed by atoms with van der Waals surface area (Å²) in [5.41, 5.74) is 3.67. The van der Waals surface area contributed by atoms with E-state index in [0.29, 0.717) is 34.8 Å². The van der Waals surface area contributed by atoms with Crippen LogP contribution in [0, 0.1) is 13.5 Å². The highest BCUT2D eigenvalue weighted by Gasteiger charge is 2.38. The molecule has 1 saturated heterocycles. The zero-order valence-corrected chi connectivity index (χ0v) is 20.8. The largest absolute Gasteiger partial charge is 0.361 e. The summed E-state index contributed by atoms with van der Waals surface area (Å²) in [6.07, 6.45) is 2.97. The van der Waals surface area contributed by atoms with Crippen molar-refractivity contribution in [2.75, 3.05) is 18.0 Å². The van der Waals surface area contributed by atoms with Crippen molar-refractivity contribution in [3.63, 3.8) is 0 Å². The molecule has 0 bridgehead atoms. The normalized spacial score (nSPS) is 19.8. The summed E-state index contributed by atoms with van der Waals surface area (Å²) in [5, 5.41) is 0. The number of anilines is 1. The summed E-state index contributed by atoms with van der Waals surface area (Å²) in [4.78, 5) is 30.3. The van der Waals surface area contributed by atoms with Gasteiger partial charge in [0.05, 0.1) is 5.52 Å². The summed E-state index contributed by atoms with van der Waals surface area (Å²) in [5.74, 6) is 0.926. The standard InChI is InChI=1S/C27H34N6O/c1-7-20-17-33(26-25-23(31(6)27(34)30-26)14-15-24(28-5)29-25)21(8-2)16-32(20)22(9-3)19-12-10-18(4)11-13-19/h10-15,20-22H,7-9,16-17H2,1-4,6H3/t20-,21+,22+/m1/s1. The van der Waals surface area contributed by atoms with E-state index in [-0.39, 0.29) is 11.7 Å². The Morgan fingerprint density at radius 2 is 1.74 bits per heavy atom. The molecule has 1 aromatic carbocycles. The van der Waals surface area contributed by atoms with Gasteiger partial charge in [0, 0.05) is 38.3 Å². The van der Waals surface area contributed by atoms with Crippen molar-refractivity contribution in [3.8, 4) is 0 Å². The molecular weight excluding hydrogens is 424 g/mol. The molecule has 2 aromatic heterocycles. The number of nitrogens with zero attached hydrogens (tertiary/aromatic N) is 6. The van der Waals surface area contributed by atoms with Crippen LogP contribution in [0.2, 0.25) is 0 Å². The number of aromatic nitrogens is 3. The molecule has 3 aromatic rings. The molecule has 0 radical (unpaired) electrons. The van der Waals surface area contributed by atoms with Crippen LogP contribution in [0.25, 0.3) is 15.9 Å². The molecule has 0 N–H and O–H groups in total. The maximum atomic E-state index is 12.8. The van der Waals surface area contributed by atoms with Crippen LogP contribution in [-0.4, -0.2) is 44.6 Å². The van der Waals surface area contributed by atoms with Crippen LogP contribution in [0.3, 0.4) is 0 Å². The van der Waals surface area contributed by atoms with Crippen molar-refractivity contribution in [3.05, 3.63) is 69.4 Å². The average Bonchev–Trinajstić information content (AvgIpc) is 2.87. The van der Waals surface area contributed by atoms with Crippen LogP contribution in [0.5, 0.6) is 0 Å². The van der Waals surface area contributed by atoms with Crippen LogP contribution in [0.4, 0.5) is 11.6 Å². The number of piperazine rings is 1. The number of aryl methyl sites for hydroxylation is 2.